The van der Waals surface area contributed by atoms with Crippen molar-refractivity contribution in [3.8, 4) is 0 Å². The monoisotopic (exact) mass is 185 g/mol. The first-order chi connectivity index (χ1) is 5.83. The zero-order valence-corrected chi connectivity index (χ0v) is 7.77. The standard InChI is InChI=1S/C9H12ClNO/c1-2-11-7-3-4-8-5-6-9(10)12-8/h3-6,11H,2,7H2,1H3. The lowest BCUT2D eigenvalue weighted by Crippen LogP contribution is -2.11. The number of hydrogen-bond acceptors (Lipinski definition) is 2. The van der Waals surface area contributed by atoms with Crippen molar-refractivity contribution in [1.82, 2.24) is 5.32 Å². The van der Waals surface area contributed by atoms with Gasteiger partial charge in [-0.2, -0.15) is 0 Å². The van der Waals surface area contributed by atoms with Gasteiger partial charge in [0.2, 0.25) is 0 Å². The first-order valence-electron chi connectivity index (χ1n) is 3.95. The average Bonchev–Trinajstić information content (AvgIpc) is 2.45. The fraction of sp³-hybridized carbons (Fsp3) is 0.333. The molecule has 1 aromatic rings. The van der Waals surface area contributed by atoms with Gasteiger partial charge in [0, 0.05) is 6.54 Å². The lowest BCUT2D eigenvalue weighted by molar-refractivity contribution is 0.559. The van der Waals surface area contributed by atoms with Crippen LogP contribution in [-0.2, 0) is 0 Å². The van der Waals surface area contributed by atoms with E-state index in [1.54, 1.807) is 6.07 Å². The summed E-state index contributed by atoms with van der Waals surface area (Å²) in [5, 5.41) is 3.59. The molecule has 0 saturated carbocycles. The molecule has 66 valence electrons. The maximum absolute atomic E-state index is 5.58. The van der Waals surface area contributed by atoms with Gasteiger partial charge in [0.05, 0.1) is 0 Å². The Morgan fingerprint density at radius 1 is 1.58 bits per heavy atom. The van der Waals surface area contributed by atoms with Crippen molar-refractivity contribution in [2.45, 2.75) is 6.92 Å². The molecule has 0 aliphatic carbocycles. The Kier molecular flexibility index (Phi) is 3.91. The van der Waals surface area contributed by atoms with E-state index >= 15 is 0 Å². The molecular formula is C9H12ClNO. The summed E-state index contributed by atoms with van der Waals surface area (Å²) in [6, 6.07) is 3.57. The molecule has 0 aliphatic heterocycles. The molecule has 1 N–H and O–H groups in total. The van der Waals surface area contributed by atoms with Crippen LogP contribution in [0, 0.1) is 0 Å². The second-order valence-electron chi connectivity index (χ2n) is 2.35. The van der Waals surface area contributed by atoms with Crippen molar-refractivity contribution in [1.29, 1.82) is 0 Å². The van der Waals surface area contributed by atoms with Gasteiger partial charge < -0.3 is 9.73 Å². The minimum Gasteiger partial charge on any atom is -0.445 e. The van der Waals surface area contributed by atoms with Gasteiger partial charge in [0.25, 0.3) is 0 Å². The maximum Gasteiger partial charge on any atom is 0.193 e. The molecule has 0 unspecified atom stereocenters. The highest BCUT2D eigenvalue weighted by molar-refractivity contribution is 6.28. The topological polar surface area (TPSA) is 25.2 Å². The molecular weight excluding hydrogens is 174 g/mol. The van der Waals surface area contributed by atoms with E-state index < -0.39 is 0 Å². The van der Waals surface area contributed by atoms with E-state index in [0.717, 1.165) is 18.8 Å². The smallest absolute Gasteiger partial charge is 0.193 e. The van der Waals surface area contributed by atoms with Crippen LogP contribution in [0.5, 0.6) is 0 Å². The van der Waals surface area contributed by atoms with Crippen LogP contribution in [0.25, 0.3) is 6.08 Å². The van der Waals surface area contributed by atoms with Crippen molar-refractivity contribution >= 4 is 17.7 Å². The van der Waals surface area contributed by atoms with Crippen molar-refractivity contribution < 1.29 is 4.42 Å². The third-order valence-corrected chi connectivity index (χ3v) is 1.59. The molecule has 0 radical (unpaired) electrons. The number of rotatable bonds is 4. The zero-order valence-electron chi connectivity index (χ0n) is 7.01. The van der Waals surface area contributed by atoms with Gasteiger partial charge in [-0.25, -0.2) is 0 Å². The number of likely N-dealkylation sites (N-methyl/N-ethyl adjacent to an activating group) is 1. The molecule has 0 aliphatic rings. The second kappa shape index (κ2) is 5.01. The van der Waals surface area contributed by atoms with E-state index in [-0.39, 0.29) is 0 Å². The van der Waals surface area contributed by atoms with E-state index in [1.807, 2.05) is 18.2 Å². The summed E-state index contributed by atoms with van der Waals surface area (Å²) in [7, 11) is 0. The van der Waals surface area contributed by atoms with Gasteiger partial charge in [-0.05, 0) is 36.4 Å². The van der Waals surface area contributed by atoms with Crippen LogP contribution in [0.1, 0.15) is 12.7 Å². The molecule has 1 aromatic heterocycles. The van der Waals surface area contributed by atoms with Crippen LogP contribution in [-0.4, -0.2) is 13.1 Å². The molecule has 12 heavy (non-hydrogen) atoms. The molecule has 0 saturated heterocycles. The normalized spacial score (nSPS) is 11.2. The Bertz CT molecular complexity index is 255. The first-order valence-corrected chi connectivity index (χ1v) is 4.33. The summed E-state index contributed by atoms with van der Waals surface area (Å²) >= 11 is 5.58. The fourth-order valence-corrected chi connectivity index (χ4v) is 0.973. The fourth-order valence-electron chi connectivity index (χ4n) is 0.821. The summed E-state index contributed by atoms with van der Waals surface area (Å²) in [5.74, 6) is 0.790. The molecule has 3 heteroatoms. The second-order valence-corrected chi connectivity index (χ2v) is 2.72. The predicted molar refractivity (Wildman–Crippen MR) is 51.3 cm³/mol. The van der Waals surface area contributed by atoms with E-state index in [4.69, 9.17) is 16.0 Å². The lowest BCUT2D eigenvalue weighted by atomic mass is 10.4. The van der Waals surface area contributed by atoms with Crippen molar-refractivity contribution in [2.24, 2.45) is 0 Å². The summed E-state index contributed by atoms with van der Waals surface area (Å²) in [5.41, 5.74) is 0. The highest BCUT2D eigenvalue weighted by Gasteiger charge is 1.92. The Morgan fingerprint density at radius 2 is 2.42 bits per heavy atom. The van der Waals surface area contributed by atoms with Crippen LogP contribution >= 0.6 is 11.6 Å². The van der Waals surface area contributed by atoms with Gasteiger partial charge in [0.15, 0.2) is 5.22 Å². The quantitative estimate of drug-likeness (QED) is 0.730. The van der Waals surface area contributed by atoms with E-state index in [1.165, 1.54) is 0 Å². The number of hydrogen-bond donors (Lipinski definition) is 1. The summed E-state index contributed by atoms with van der Waals surface area (Å²) in [6.07, 6.45) is 3.90. The van der Waals surface area contributed by atoms with Crippen molar-refractivity contribution in [3.05, 3.63) is 29.2 Å². The van der Waals surface area contributed by atoms with E-state index in [0.29, 0.717) is 5.22 Å². The number of nitrogens with one attached hydrogen (secondary N) is 1. The van der Waals surface area contributed by atoms with Crippen LogP contribution in [0.2, 0.25) is 5.22 Å². The Balaban J connectivity index is 2.36. The van der Waals surface area contributed by atoms with Crippen LogP contribution in [0.4, 0.5) is 0 Å². The van der Waals surface area contributed by atoms with Crippen LogP contribution in [0.15, 0.2) is 22.6 Å². The van der Waals surface area contributed by atoms with E-state index in [9.17, 15) is 0 Å². The van der Waals surface area contributed by atoms with Gasteiger partial charge >= 0.3 is 0 Å². The Morgan fingerprint density at radius 3 is 3.00 bits per heavy atom. The average molecular weight is 186 g/mol. The molecule has 0 fully saturated rings. The molecule has 1 heterocycles. The Hall–Kier alpha value is -0.730. The SMILES string of the molecule is CCNCC=Cc1ccc(Cl)o1. The summed E-state index contributed by atoms with van der Waals surface area (Å²) in [4.78, 5) is 0. The number of halogens is 1. The van der Waals surface area contributed by atoms with Crippen LogP contribution in [0.3, 0.4) is 0 Å². The molecule has 0 atom stereocenters. The molecule has 0 amide bonds. The van der Waals surface area contributed by atoms with Crippen molar-refractivity contribution in [2.75, 3.05) is 13.1 Å². The largest absolute Gasteiger partial charge is 0.445 e. The Labute approximate surface area is 77.2 Å². The predicted octanol–water partition coefficient (Wildman–Crippen LogP) is 2.56. The lowest BCUT2D eigenvalue weighted by Gasteiger charge is -1.91. The van der Waals surface area contributed by atoms with E-state index in [2.05, 4.69) is 12.2 Å². The highest BCUT2D eigenvalue weighted by Crippen LogP contribution is 2.13. The van der Waals surface area contributed by atoms with Gasteiger partial charge in [-0.3, -0.25) is 0 Å². The minimum atomic E-state index is 0.429. The first kappa shape index (κ1) is 9.36. The molecule has 0 spiro atoms. The van der Waals surface area contributed by atoms with Gasteiger partial charge in [-0.15, -0.1) is 0 Å². The molecule has 1 rings (SSSR count). The zero-order chi connectivity index (χ0) is 8.81. The molecule has 2 nitrogen and oxygen atoms in total. The summed E-state index contributed by atoms with van der Waals surface area (Å²) in [6.45, 7) is 3.90. The minimum absolute atomic E-state index is 0.429. The van der Waals surface area contributed by atoms with Crippen LogP contribution < -0.4 is 5.32 Å². The van der Waals surface area contributed by atoms with Gasteiger partial charge in [0.1, 0.15) is 5.76 Å². The maximum atomic E-state index is 5.58. The van der Waals surface area contributed by atoms with Gasteiger partial charge in [-0.1, -0.05) is 13.0 Å². The third kappa shape index (κ3) is 3.11. The highest BCUT2D eigenvalue weighted by atomic mass is 35.5. The van der Waals surface area contributed by atoms with Crippen molar-refractivity contribution in [3.63, 3.8) is 0 Å². The summed E-state index contributed by atoms with van der Waals surface area (Å²) < 4.78 is 5.11. The number of furan rings is 1. The molecule has 0 aromatic carbocycles. The molecule has 0 bridgehead atoms. The third-order valence-electron chi connectivity index (χ3n) is 1.39.